The normalized spacial score (nSPS) is 10.4. The number of nitrogen functional groups attached to an aromatic ring is 1. The molecule has 0 saturated heterocycles. The summed E-state index contributed by atoms with van der Waals surface area (Å²) in [7, 11) is 1.81. The highest BCUT2D eigenvalue weighted by atomic mass is 16.5. The molecule has 4 nitrogen and oxygen atoms in total. The summed E-state index contributed by atoms with van der Waals surface area (Å²) in [4.78, 5) is 0. The molecule has 1 heterocycles. The minimum absolute atomic E-state index is 0.451. The summed E-state index contributed by atoms with van der Waals surface area (Å²) in [5.74, 6) is 1.20. The predicted molar refractivity (Wildman–Crippen MR) is 63.5 cm³/mol. The Kier molecular flexibility index (Phi) is 2.81. The number of aromatic nitrogens is 2. The fourth-order valence-electron chi connectivity index (χ4n) is 1.47. The van der Waals surface area contributed by atoms with E-state index in [0.29, 0.717) is 11.6 Å². The van der Waals surface area contributed by atoms with E-state index < -0.39 is 0 Å². The number of hydrogen-bond acceptors (Lipinski definition) is 3. The summed E-state index contributed by atoms with van der Waals surface area (Å²) in [5.41, 5.74) is 7.56. The smallest absolute Gasteiger partial charge is 0.261 e. The highest BCUT2D eigenvalue weighted by Gasteiger charge is 2.06. The van der Waals surface area contributed by atoms with Gasteiger partial charge in [-0.1, -0.05) is 19.1 Å². The highest BCUT2D eigenvalue weighted by Crippen LogP contribution is 2.25. The van der Waals surface area contributed by atoms with E-state index in [1.165, 1.54) is 5.56 Å². The van der Waals surface area contributed by atoms with Crippen LogP contribution >= 0.6 is 0 Å². The molecule has 1 aromatic carbocycles. The quantitative estimate of drug-likeness (QED) is 0.858. The maximum atomic E-state index is 5.74. The van der Waals surface area contributed by atoms with Crippen LogP contribution in [-0.4, -0.2) is 9.78 Å². The van der Waals surface area contributed by atoms with Crippen LogP contribution in [0.3, 0.4) is 0 Å². The van der Waals surface area contributed by atoms with Gasteiger partial charge in [0.25, 0.3) is 5.88 Å². The molecule has 0 aliphatic heterocycles. The molecule has 0 spiro atoms. The van der Waals surface area contributed by atoms with E-state index in [9.17, 15) is 0 Å². The molecule has 2 rings (SSSR count). The third-order valence-electron chi connectivity index (χ3n) is 2.37. The van der Waals surface area contributed by atoms with Gasteiger partial charge in [-0.15, -0.1) is 5.10 Å². The topological polar surface area (TPSA) is 53.1 Å². The number of anilines is 1. The number of aryl methyl sites for hydroxylation is 2. The number of ether oxygens (including phenoxy) is 1. The first-order valence-corrected chi connectivity index (χ1v) is 5.25. The van der Waals surface area contributed by atoms with Gasteiger partial charge in [0.15, 0.2) is 0 Å². The van der Waals surface area contributed by atoms with Crippen molar-refractivity contribution >= 4 is 5.69 Å². The van der Waals surface area contributed by atoms with Crippen molar-refractivity contribution in [2.45, 2.75) is 13.3 Å². The first kappa shape index (κ1) is 10.5. The van der Waals surface area contributed by atoms with Gasteiger partial charge in [0.1, 0.15) is 11.4 Å². The van der Waals surface area contributed by atoms with E-state index in [0.717, 1.165) is 12.2 Å². The first-order chi connectivity index (χ1) is 7.69. The van der Waals surface area contributed by atoms with Gasteiger partial charge in [-0.25, -0.2) is 0 Å². The van der Waals surface area contributed by atoms with E-state index in [2.05, 4.69) is 12.0 Å². The zero-order chi connectivity index (χ0) is 11.5. The van der Waals surface area contributed by atoms with Crippen LogP contribution in [0.2, 0.25) is 0 Å². The van der Waals surface area contributed by atoms with Crippen LogP contribution in [0.25, 0.3) is 0 Å². The fourth-order valence-corrected chi connectivity index (χ4v) is 1.47. The van der Waals surface area contributed by atoms with Crippen molar-refractivity contribution in [3.8, 4) is 11.6 Å². The van der Waals surface area contributed by atoms with Crippen LogP contribution in [0.1, 0.15) is 12.5 Å². The summed E-state index contributed by atoms with van der Waals surface area (Å²) in [6.07, 6.45) is 2.74. The molecule has 0 aliphatic carbocycles. The number of nitrogens with two attached hydrogens (primary N) is 1. The number of rotatable bonds is 3. The lowest BCUT2D eigenvalue weighted by molar-refractivity contribution is 0.455. The van der Waals surface area contributed by atoms with Crippen LogP contribution in [0.4, 0.5) is 5.69 Å². The molecule has 0 amide bonds. The lowest BCUT2D eigenvalue weighted by Crippen LogP contribution is -1.91. The monoisotopic (exact) mass is 217 g/mol. The molecule has 0 fully saturated rings. The minimum atomic E-state index is 0.451. The van der Waals surface area contributed by atoms with E-state index in [-0.39, 0.29) is 0 Å². The van der Waals surface area contributed by atoms with Crippen molar-refractivity contribution in [3.63, 3.8) is 0 Å². The number of nitrogens with zero attached hydrogens (tertiary/aromatic N) is 2. The Hall–Kier alpha value is -1.97. The maximum Gasteiger partial charge on any atom is 0.261 e. The van der Waals surface area contributed by atoms with Gasteiger partial charge in [0, 0.05) is 7.05 Å². The predicted octanol–water partition coefficient (Wildman–Crippen LogP) is 2.36. The Morgan fingerprint density at radius 1 is 1.31 bits per heavy atom. The Morgan fingerprint density at radius 3 is 2.50 bits per heavy atom. The van der Waals surface area contributed by atoms with E-state index in [1.807, 2.05) is 31.3 Å². The zero-order valence-corrected chi connectivity index (χ0v) is 9.47. The molecule has 0 aliphatic rings. The first-order valence-electron chi connectivity index (χ1n) is 5.25. The number of hydrogen-bond donors (Lipinski definition) is 1. The van der Waals surface area contributed by atoms with Gasteiger partial charge in [-0.2, -0.15) is 0 Å². The van der Waals surface area contributed by atoms with Gasteiger partial charge < -0.3 is 10.5 Å². The highest BCUT2D eigenvalue weighted by molar-refractivity contribution is 5.47. The summed E-state index contributed by atoms with van der Waals surface area (Å²) in [6.45, 7) is 2.12. The van der Waals surface area contributed by atoms with Crippen molar-refractivity contribution in [3.05, 3.63) is 36.0 Å². The van der Waals surface area contributed by atoms with Gasteiger partial charge in [0.2, 0.25) is 0 Å². The van der Waals surface area contributed by atoms with Crippen LogP contribution in [-0.2, 0) is 13.5 Å². The lowest BCUT2D eigenvalue weighted by Gasteiger charge is -2.03. The molecule has 16 heavy (non-hydrogen) atoms. The van der Waals surface area contributed by atoms with E-state index in [4.69, 9.17) is 10.5 Å². The molecule has 0 radical (unpaired) electrons. The van der Waals surface area contributed by atoms with Crippen molar-refractivity contribution in [1.82, 2.24) is 9.78 Å². The molecule has 2 aromatic rings. The van der Waals surface area contributed by atoms with Crippen molar-refractivity contribution < 1.29 is 4.74 Å². The molecular weight excluding hydrogens is 202 g/mol. The molecule has 0 bridgehead atoms. The van der Waals surface area contributed by atoms with Crippen molar-refractivity contribution in [1.29, 1.82) is 0 Å². The average Bonchev–Trinajstić information content (AvgIpc) is 2.59. The third kappa shape index (κ3) is 2.16. The molecular formula is C12H15N3O. The molecule has 84 valence electrons. The van der Waals surface area contributed by atoms with Crippen LogP contribution in [0.15, 0.2) is 30.5 Å². The lowest BCUT2D eigenvalue weighted by atomic mass is 10.2. The summed E-state index contributed by atoms with van der Waals surface area (Å²) in [5, 5.41) is 4.12. The van der Waals surface area contributed by atoms with Gasteiger partial charge in [-0.05, 0) is 24.1 Å². The summed E-state index contributed by atoms with van der Waals surface area (Å²) < 4.78 is 7.20. The largest absolute Gasteiger partial charge is 0.436 e. The second kappa shape index (κ2) is 4.26. The van der Waals surface area contributed by atoms with E-state index >= 15 is 0 Å². The summed E-state index contributed by atoms with van der Waals surface area (Å²) in [6, 6.07) is 7.92. The van der Waals surface area contributed by atoms with Crippen LogP contribution in [0.5, 0.6) is 11.6 Å². The van der Waals surface area contributed by atoms with Crippen molar-refractivity contribution in [2.24, 2.45) is 7.05 Å². The van der Waals surface area contributed by atoms with Crippen molar-refractivity contribution in [2.75, 3.05) is 5.73 Å². The fraction of sp³-hybridized carbons (Fsp3) is 0.250. The van der Waals surface area contributed by atoms with Gasteiger partial charge in [-0.3, -0.25) is 4.68 Å². The Bertz CT molecular complexity index is 474. The minimum Gasteiger partial charge on any atom is -0.436 e. The second-order valence-corrected chi connectivity index (χ2v) is 3.66. The van der Waals surface area contributed by atoms with Gasteiger partial charge >= 0.3 is 0 Å². The Labute approximate surface area is 94.6 Å². The average molecular weight is 217 g/mol. The summed E-state index contributed by atoms with van der Waals surface area (Å²) >= 11 is 0. The molecule has 2 N–H and O–H groups in total. The Morgan fingerprint density at radius 2 is 2.00 bits per heavy atom. The third-order valence-corrected chi connectivity index (χ3v) is 2.37. The SMILES string of the molecule is CCc1ccc(Oc2nn(C)cc2N)cc1. The second-order valence-electron chi connectivity index (χ2n) is 3.66. The van der Waals surface area contributed by atoms with Gasteiger partial charge in [0.05, 0.1) is 6.20 Å². The van der Waals surface area contributed by atoms with Crippen LogP contribution in [0, 0.1) is 0 Å². The van der Waals surface area contributed by atoms with E-state index in [1.54, 1.807) is 10.9 Å². The number of benzene rings is 1. The Balaban J connectivity index is 2.17. The maximum absolute atomic E-state index is 5.74. The molecule has 0 saturated carbocycles. The standard InChI is InChI=1S/C12H15N3O/c1-3-9-4-6-10(7-5-9)16-12-11(13)8-15(2)14-12/h4-8H,3,13H2,1-2H3. The molecule has 4 heteroatoms. The molecule has 1 aromatic heterocycles. The molecule has 0 unspecified atom stereocenters. The zero-order valence-electron chi connectivity index (χ0n) is 9.47. The molecule has 0 atom stereocenters. The van der Waals surface area contributed by atoms with Crippen LogP contribution < -0.4 is 10.5 Å².